The number of nitrogens with one attached hydrogen (secondary N) is 1. The van der Waals surface area contributed by atoms with Gasteiger partial charge in [-0.15, -0.1) is 0 Å². The Morgan fingerprint density at radius 3 is 2.39 bits per heavy atom. The highest BCUT2D eigenvalue weighted by Gasteiger charge is 2.53. The summed E-state index contributed by atoms with van der Waals surface area (Å²) in [4.78, 5) is 0. The second-order valence-electron chi connectivity index (χ2n) is 5.38. The average Bonchev–Trinajstić information content (AvgIpc) is 2.36. The molecule has 0 bridgehead atoms. The molecule has 0 aromatic carbocycles. The fourth-order valence-corrected chi connectivity index (χ4v) is 3.27. The molecule has 3 nitrogen and oxygen atoms in total. The molecule has 3 unspecified atom stereocenters. The van der Waals surface area contributed by atoms with Crippen LogP contribution in [0.15, 0.2) is 0 Å². The van der Waals surface area contributed by atoms with Gasteiger partial charge in [-0.05, 0) is 39.7 Å². The van der Waals surface area contributed by atoms with Crippen molar-refractivity contribution >= 4 is 0 Å². The van der Waals surface area contributed by atoms with Crippen molar-refractivity contribution in [1.82, 2.24) is 5.32 Å². The molecule has 1 rings (SSSR count). The minimum absolute atomic E-state index is 0.204. The molecule has 1 N–H and O–H groups in total. The highest BCUT2D eigenvalue weighted by Crippen LogP contribution is 2.49. The molecule has 0 aliphatic heterocycles. The van der Waals surface area contributed by atoms with E-state index in [9.17, 15) is 0 Å². The Bertz CT molecular complexity index is 229. The van der Waals surface area contributed by atoms with Crippen LogP contribution in [0.25, 0.3) is 0 Å². The summed E-state index contributed by atoms with van der Waals surface area (Å²) >= 11 is 0. The van der Waals surface area contributed by atoms with Crippen LogP contribution in [-0.4, -0.2) is 38.0 Å². The number of hydrogen-bond acceptors (Lipinski definition) is 3. The maximum atomic E-state index is 6.20. The van der Waals surface area contributed by atoms with Gasteiger partial charge in [-0.3, -0.25) is 0 Å². The summed E-state index contributed by atoms with van der Waals surface area (Å²) in [6, 6.07) is 0.627. The predicted molar refractivity (Wildman–Crippen MR) is 75.9 cm³/mol. The van der Waals surface area contributed by atoms with Crippen LogP contribution in [0.5, 0.6) is 0 Å². The van der Waals surface area contributed by atoms with E-state index in [0.717, 1.165) is 19.6 Å². The third kappa shape index (κ3) is 3.25. The first-order valence-electron chi connectivity index (χ1n) is 7.61. The lowest BCUT2D eigenvalue weighted by Gasteiger charge is -2.56. The zero-order valence-corrected chi connectivity index (χ0v) is 12.8. The molecule has 0 aromatic rings. The van der Waals surface area contributed by atoms with Gasteiger partial charge in [-0.1, -0.05) is 20.8 Å². The summed E-state index contributed by atoms with van der Waals surface area (Å²) in [5.41, 5.74) is 0.330. The third-order valence-corrected chi connectivity index (χ3v) is 4.51. The van der Waals surface area contributed by atoms with Crippen molar-refractivity contribution in [2.75, 3.05) is 19.8 Å². The van der Waals surface area contributed by atoms with Crippen molar-refractivity contribution in [2.24, 2.45) is 5.41 Å². The first kappa shape index (κ1) is 15.9. The van der Waals surface area contributed by atoms with Crippen LogP contribution in [0.2, 0.25) is 0 Å². The van der Waals surface area contributed by atoms with E-state index in [4.69, 9.17) is 9.47 Å². The second-order valence-corrected chi connectivity index (χ2v) is 5.38. The minimum Gasteiger partial charge on any atom is -0.379 e. The molecule has 108 valence electrons. The van der Waals surface area contributed by atoms with E-state index in [1.54, 1.807) is 0 Å². The van der Waals surface area contributed by atoms with E-state index in [1.165, 1.54) is 12.8 Å². The van der Waals surface area contributed by atoms with E-state index < -0.39 is 0 Å². The Balaban J connectivity index is 2.51. The Labute approximate surface area is 113 Å². The molecule has 1 aliphatic carbocycles. The molecular weight excluding hydrogens is 226 g/mol. The Kier molecular flexibility index (Phi) is 6.61. The maximum Gasteiger partial charge on any atom is 0.0784 e. The predicted octanol–water partition coefficient (Wildman–Crippen LogP) is 2.98. The summed E-state index contributed by atoms with van der Waals surface area (Å²) in [7, 11) is 0. The van der Waals surface area contributed by atoms with E-state index in [-0.39, 0.29) is 6.10 Å². The van der Waals surface area contributed by atoms with Crippen molar-refractivity contribution in [2.45, 2.75) is 72.1 Å². The molecule has 1 aliphatic rings. The van der Waals surface area contributed by atoms with Gasteiger partial charge in [0.05, 0.1) is 18.8 Å². The van der Waals surface area contributed by atoms with Crippen molar-refractivity contribution < 1.29 is 9.47 Å². The highest BCUT2D eigenvalue weighted by molar-refractivity contribution is 5.06. The zero-order valence-electron chi connectivity index (χ0n) is 12.8. The van der Waals surface area contributed by atoms with E-state index >= 15 is 0 Å². The molecule has 3 atom stereocenters. The molecule has 0 aromatic heterocycles. The van der Waals surface area contributed by atoms with Crippen molar-refractivity contribution in [3.63, 3.8) is 0 Å². The lowest BCUT2D eigenvalue weighted by Crippen LogP contribution is -2.64. The number of hydrogen-bond donors (Lipinski definition) is 1. The standard InChI is InChI=1S/C15H31NO2/c1-6-15(7-2)13(16-8-3)10-14(15)18-12(5)11-17-9-4/h12-14,16H,6-11H2,1-5H3. The van der Waals surface area contributed by atoms with Gasteiger partial charge in [-0.2, -0.15) is 0 Å². The normalized spacial score (nSPS) is 27.8. The van der Waals surface area contributed by atoms with Crippen LogP contribution in [0.1, 0.15) is 53.9 Å². The largest absolute Gasteiger partial charge is 0.379 e. The van der Waals surface area contributed by atoms with E-state index in [0.29, 0.717) is 24.2 Å². The molecule has 0 spiro atoms. The monoisotopic (exact) mass is 257 g/mol. The fourth-order valence-electron chi connectivity index (χ4n) is 3.27. The molecule has 0 amide bonds. The fraction of sp³-hybridized carbons (Fsp3) is 1.00. The molecule has 0 heterocycles. The van der Waals surface area contributed by atoms with Crippen molar-refractivity contribution in [3.8, 4) is 0 Å². The minimum atomic E-state index is 0.204. The van der Waals surface area contributed by atoms with Crippen LogP contribution >= 0.6 is 0 Å². The summed E-state index contributed by atoms with van der Waals surface area (Å²) in [6.07, 6.45) is 4.12. The third-order valence-electron chi connectivity index (χ3n) is 4.51. The first-order chi connectivity index (χ1) is 8.64. The molecule has 3 heteroatoms. The summed E-state index contributed by atoms with van der Waals surface area (Å²) in [5, 5.41) is 3.61. The average molecular weight is 257 g/mol. The van der Waals surface area contributed by atoms with Gasteiger partial charge >= 0.3 is 0 Å². The Hall–Kier alpha value is -0.120. The first-order valence-corrected chi connectivity index (χ1v) is 7.61. The van der Waals surface area contributed by atoms with E-state index in [2.05, 4.69) is 33.0 Å². The second kappa shape index (κ2) is 7.46. The van der Waals surface area contributed by atoms with Crippen molar-refractivity contribution in [1.29, 1.82) is 0 Å². The summed E-state index contributed by atoms with van der Waals surface area (Å²) < 4.78 is 11.6. The lowest BCUT2D eigenvalue weighted by atomic mass is 9.58. The zero-order chi connectivity index (χ0) is 13.6. The van der Waals surface area contributed by atoms with Crippen LogP contribution < -0.4 is 5.32 Å². The van der Waals surface area contributed by atoms with Gasteiger partial charge in [-0.25, -0.2) is 0 Å². The molecule has 0 radical (unpaired) electrons. The van der Waals surface area contributed by atoms with Gasteiger partial charge in [0.15, 0.2) is 0 Å². The van der Waals surface area contributed by atoms with Crippen molar-refractivity contribution in [3.05, 3.63) is 0 Å². The molecule has 18 heavy (non-hydrogen) atoms. The van der Waals surface area contributed by atoms with Crippen LogP contribution in [0.4, 0.5) is 0 Å². The lowest BCUT2D eigenvalue weighted by molar-refractivity contribution is -0.172. The highest BCUT2D eigenvalue weighted by atomic mass is 16.5. The molecule has 1 saturated carbocycles. The van der Waals surface area contributed by atoms with Gasteiger partial charge in [0.2, 0.25) is 0 Å². The smallest absolute Gasteiger partial charge is 0.0784 e. The van der Waals surface area contributed by atoms with Crippen LogP contribution in [-0.2, 0) is 9.47 Å². The van der Waals surface area contributed by atoms with Crippen LogP contribution in [0, 0.1) is 5.41 Å². The Morgan fingerprint density at radius 1 is 1.22 bits per heavy atom. The quantitative estimate of drug-likeness (QED) is 0.689. The number of ether oxygens (including phenoxy) is 2. The molecule has 0 saturated heterocycles. The van der Waals surface area contributed by atoms with Gasteiger partial charge < -0.3 is 14.8 Å². The molecule has 1 fully saturated rings. The summed E-state index contributed by atoms with van der Waals surface area (Å²) in [6.45, 7) is 13.4. The van der Waals surface area contributed by atoms with Crippen LogP contribution in [0.3, 0.4) is 0 Å². The maximum absolute atomic E-state index is 6.20. The van der Waals surface area contributed by atoms with Gasteiger partial charge in [0, 0.05) is 18.1 Å². The SMILES string of the molecule is CCNC1CC(OC(C)COCC)C1(CC)CC. The molecular formula is C15H31NO2. The topological polar surface area (TPSA) is 30.5 Å². The Morgan fingerprint density at radius 2 is 1.89 bits per heavy atom. The van der Waals surface area contributed by atoms with Gasteiger partial charge in [0.25, 0.3) is 0 Å². The van der Waals surface area contributed by atoms with Gasteiger partial charge in [0.1, 0.15) is 0 Å². The van der Waals surface area contributed by atoms with E-state index in [1.807, 2.05) is 6.92 Å². The number of rotatable bonds is 9. The summed E-state index contributed by atoms with van der Waals surface area (Å²) in [5.74, 6) is 0.